The summed E-state index contributed by atoms with van der Waals surface area (Å²) in [4.78, 5) is 37.9. The molecule has 0 bridgehead atoms. The lowest BCUT2D eigenvalue weighted by Gasteiger charge is -2.18. The lowest BCUT2D eigenvalue weighted by molar-refractivity contribution is -0.167. The van der Waals surface area contributed by atoms with Crippen LogP contribution in [0.25, 0.3) is 0 Å². The highest BCUT2D eigenvalue weighted by Crippen LogP contribution is 2.16. The summed E-state index contributed by atoms with van der Waals surface area (Å²) in [6.45, 7) is 6.52. The fourth-order valence-electron chi connectivity index (χ4n) is 7.34. The normalized spacial score (nSPS) is 12.3. The van der Waals surface area contributed by atoms with E-state index in [2.05, 4.69) is 57.2 Å². The molecular formula is C53H96O6. The van der Waals surface area contributed by atoms with Crippen molar-refractivity contribution >= 4 is 17.9 Å². The van der Waals surface area contributed by atoms with Gasteiger partial charge in [-0.2, -0.15) is 0 Å². The number of unbranched alkanes of at least 4 members (excludes halogenated alkanes) is 29. The Morgan fingerprint density at radius 1 is 0.356 bits per heavy atom. The summed E-state index contributed by atoms with van der Waals surface area (Å²) in [7, 11) is 0. The second kappa shape index (κ2) is 48.3. The second-order valence-corrected chi connectivity index (χ2v) is 17.1. The number of ether oxygens (including phenoxy) is 3. The molecule has 0 aliphatic heterocycles. The third-order valence-corrected chi connectivity index (χ3v) is 11.2. The number of hydrogen-bond acceptors (Lipinski definition) is 6. The molecule has 1 unspecified atom stereocenters. The summed E-state index contributed by atoms with van der Waals surface area (Å²) < 4.78 is 16.8. The Bertz CT molecular complexity index is 1000. The van der Waals surface area contributed by atoms with E-state index in [0.29, 0.717) is 19.3 Å². The van der Waals surface area contributed by atoms with E-state index in [0.717, 1.165) is 96.3 Å². The zero-order valence-electron chi connectivity index (χ0n) is 39.3. The van der Waals surface area contributed by atoms with Crippen molar-refractivity contribution in [3.05, 3.63) is 36.5 Å². The third-order valence-electron chi connectivity index (χ3n) is 11.2. The van der Waals surface area contributed by atoms with Gasteiger partial charge in [0.25, 0.3) is 0 Å². The Morgan fingerprint density at radius 3 is 1.03 bits per heavy atom. The molecule has 0 saturated carbocycles. The van der Waals surface area contributed by atoms with Gasteiger partial charge in [-0.15, -0.1) is 0 Å². The molecule has 0 aromatic rings. The zero-order valence-corrected chi connectivity index (χ0v) is 39.3. The minimum atomic E-state index is -0.775. The summed E-state index contributed by atoms with van der Waals surface area (Å²) in [5, 5.41) is 0. The van der Waals surface area contributed by atoms with E-state index >= 15 is 0 Å². The van der Waals surface area contributed by atoms with Crippen LogP contribution in [0.4, 0.5) is 0 Å². The lowest BCUT2D eigenvalue weighted by atomic mass is 10.0. The van der Waals surface area contributed by atoms with E-state index in [1.807, 2.05) is 0 Å². The molecule has 0 radical (unpaired) electrons. The van der Waals surface area contributed by atoms with E-state index in [1.165, 1.54) is 128 Å². The van der Waals surface area contributed by atoms with Gasteiger partial charge < -0.3 is 14.2 Å². The number of hydrogen-bond donors (Lipinski definition) is 0. The van der Waals surface area contributed by atoms with Crippen LogP contribution >= 0.6 is 0 Å². The van der Waals surface area contributed by atoms with E-state index in [-0.39, 0.29) is 31.1 Å². The molecule has 1 atom stereocenters. The Kier molecular flexibility index (Phi) is 46.4. The molecule has 0 aromatic carbocycles. The van der Waals surface area contributed by atoms with Gasteiger partial charge in [0, 0.05) is 19.3 Å². The van der Waals surface area contributed by atoms with Crippen LogP contribution in [0.3, 0.4) is 0 Å². The summed E-state index contributed by atoms with van der Waals surface area (Å²) in [5.74, 6) is -0.883. The maximum atomic E-state index is 12.8. The molecule has 0 aliphatic carbocycles. The van der Waals surface area contributed by atoms with Gasteiger partial charge in [-0.3, -0.25) is 14.4 Å². The Labute approximate surface area is 365 Å². The largest absolute Gasteiger partial charge is 0.462 e. The average Bonchev–Trinajstić information content (AvgIpc) is 3.23. The van der Waals surface area contributed by atoms with Crippen molar-refractivity contribution < 1.29 is 28.6 Å². The standard InChI is InChI=1S/C53H96O6/c1-4-7-10-13-16-19-22-24-26-28-29-31-34-37-40-43-46-52(55)58-49-50(48-57-51(54)45-42-39-36-33-21-18-15-12-9-6-3)59-53(56)47-44-41-38-35-32-30-27-25-23-20-17-14-11-8-5-2/h8,11,17,20,25,27,50H,4-7,9-10,12-16,18-19,21-24,26,28-49H2,1-3H3/b11-8-,20-17-,27-25-. The molecule has 59 heavy (non-hydrogen) atoms. The van der Waals surface area contributed by atoms with Crippen molar-refractivity contribution in [3.63, 3.8) is 0 Å². The highest BCUT2D eigenvalue weighted by molar-refractivity contribution is 5.71. The summed E-state index contributed by atoms with van der Waals surface area (Å²) in [6.07, 6.45) is 55.6. The van der Waals surface area contributed by atoms with Crippen molar-refractivity contribution in [1.82, 2.24) is 0 Å². The first kappa shape index (κ1) is 56.6. The van der Waals surface area contributed by atoms with E-state index in [9.17, 15) is 14.4 Å². The molecule has 0 aliphatic rings. The third kappa shape index (κ3) is 46.5. The Hall–Kier alpha value is -2.37. The zero-order chi connectivity index (χ0) is 43.0. The first-order valence-corrected chi connectivity index (χ1v) is 25.5. The van der Waals surface area contributed by atoms with Crippen LogP contribution in [0.15, 0.2) is 36.5 Å². The molecule has 6 nitrogen and oxygen atoms in total. The molecule has 0 amide bonds. The Balaban J connectivity index is 4.34. The number of allylic oxidation sites excluding steroid dienone is 6. The molecule has 0 N–H and O–H groups in total. The number of carbonyl (C=O) groups excluding carboxylic acids is 3. The van der Waals surface area contributed by atoms with Crippen LogP contribution < -0.4 is 0 Å². The average molecular weight is 829 g/mol. The topological polar surface area (TPSA) is 78.9 Å². The van der Waals surface area contributed by atoms with Crippen molar-refractivity contribution in [1.29, 1.82) is 0 Å². The first-order chi connectivity index (χ1) is 29.0. The summed E-state index contributed by atoms with van der Waals surface area (Å²) in [6, 6.07) is 0. The van der Waals surface area contributed by atoms with Crippen LogP contribution in [-0.2, 0) is 28.6 Å². The van der Waals surface area contributed by atoms with Gasteiger partial charge in [-0.05, 0) is 51.4 Å². The molecule has 344 valence electrons. The highest BCUT2D eigenvalue weighted by Gasteiger charge is 2.19. The van der Waals surface area contributed by atoms with E-state index in [1.54, 1.807) is 0 Å². The molecule has 0 fully saturated rings. The highest BCUT2D eigenvalue weighted by atomic mass is 16.6. The van der Waals surface area contributed by atoms with Crippen LogP contribution in [0.5, 0.6) is 0 Å². The van der Waals surface area contributed by atoms with Crippen LogP contribution in [0.2, 0.25) is 0 Å². The molecule has 0 saturated heterocycles. The SMILES string of the molecule is CC/C=C\C/C=C\C/C=C\CCCCCCCC(=O)OC(COC(=O)CCCCCCCCCCCC)COC(=O)CCCCCCCCCCCCCCCCCC. The fourth-order valence-corrected chi connectivity index (χ4v) is 7.34. The van der Waals surface area contributed by atoms with Gasteiger partial charge in [0.15, 0.2) is 6.10 Å². The quantitative estimate of drug-likeness (QED) is 0.0263. The minimum Gasteiger partial charge on any atom is -0.462 e. The summed E-state index contributed by atoms with van der Waals surface area (Å²) in [5.41, 5.74) is 0. The number of carbonyl (C=O) groups is 3. The number of esters is 3. The van der Waals surface area contributed by atoms with Crippen molar-refractivity contribution in [2.75, 3.05) is 13.2 Å². The molecule has 0 spiro atoms. The van der Waals surface area contributed by atoms with Gasteiger partial charge in [0.2, 0.25) is 0 Å². The lowest BCUT2D eigenvalue weighted by Crippen LogP contribution is -2.30. The van der Waals surface area contributed by atoms with Gasteiger partial charge >= 0.3 is 17.9 Å². The van der Waals surface area contributed by atoms with Crippen molar-refractivity contribution in [2.24, 2.45) is 0 Å². The molecular weight excluding hydrogens is 733 g/mol. The molecule has 0 aromatic heterocycles. The number of rotatable bonds is 46. The van der Waals surface area contributed by atoms with Crippen LogP contribution in [0.1, 0.15) is 265 Å². The first-order valence-electron chi connectivity index (χ1n) is 25.5. The monoisotopic (exact) mass is 829 g/mol. The molecule has 0 heterocycles. The maximum Gasteiger partial charge on any atom is 0.306 e. The van der Waals surface area contributed by atoms with Crippen molar-refractivity contribution in [2.45, 2.75) is 271 Å². The maximum absolute atomic E-state index is 12.8. The Morgan fingerprint density at radius 2 is 0.661 bits per heavy atom. The molecule has 6 heteroatoms. The van der Waals surface area contributed by atoms with Gasteiger partial charge in [0.05, 0.1) is 0 Å². The van der Waals surface area contributed by atoms with E-state index < -0.39 is 6.10 Å². The van der Waals surface area contributed by atoms with Gasteiger partial charge in [0.1, 0.15) is 13.2 Å². The van der Waals surface area contributed by atoms with Crippen LogP contribution in [0, 0.1) is 0 Å². The predicted molar refractivity (Wildman–Crippen MR) is 252 cm³/mol. The molecule has 0 rings (SSSR count). The minimum absolute atomic E-state index is 0.0752. The van der Waals surface area contributed by atoms with Crippen LogP contribution in [-0.4, -0.2) is 37.2 Å². The van der Waals surface area contributed by atoms with Gasteiger partial charge in [-0.25, -0.2) is 0 Å². The van der Waals surface area contributed by atoms with Gasteiger partial charge in [-0.1, -0.05) is 231 Å². The summed E-state index contributed by atoms with van der Waals surface area (Å²) >= 11 is 0. The predicted octanol–water partition coefficient (Wildman–Crippen LogP) is 16.5. The fraction of sp³-hybridized carbons (Fsp3) is 0.830. The smallest absolute Gasteiger partial charge is 0.306 e. The second-order valence-electron chi connectivity index (χ2n) is 17.1. The van der Waals surface area contributed by atoms with E-state index in [4.69, 9.17) is 14.2 Å². The van der Waals surface area contributed by atoms with Crippen molar-refractivity contribution in [3.8, 4) is 0 Å².